The summed E-state index contributed by atoms with van der Waals surface area (Å²) in [6.45, 7) is 4.35. The standard InChI is InChI=1S/C27H29Cl2F3N6O4/c1-14-23-24(38(35-14)15(2)18-6-5-17(28)10-19(18)29)34-22(11-33-23)36-9-7-20(37-8-3-4-21(37)25(39)40)16(12-36)13-42-26(41)27(30,31)32/h5-6,10-11,15-16,20-21H,3-4,7-9,12-13H2,1-2H3,(H,39,40)/t15-,16+,20+,21+/m1/s1. The number of aryl methyl sites for hydroxylation is 1. The predicted octanol–water partition coefficient (Wildman–Crippen LogP) is 4.90. The molecule has 5 rings (SSSR count). The highest BCUT2D eigenvalue weighted by atomic mass is 35.5. The number of halogens is 5. The Morgan fingerprint density at radius 2 is 1.98 bits per heavy atom. The van der Waals surface area contributed by atoms with Gasteiger partial charge in [0.1, 0.15) is 17.4 Å². The number of piperidine rings is 1. The number of rotatable bonds is 7. The molecule has 15 heteroatoms. The van der Waals surface area contributed by atoms with Crippen molar-refractivity contribution in [3.8, 4) is 0 Å². The molecule has 2 aliphatic heterocycles. The summed E-state index contributed by atoms with van der Waals surface area (Å²) in [5, 5.41) is 15.3. The van der Waals surface area contributed by atoms with E-state index in [2.05, 4.69) is 14.8 Å². The lowest BCUT2D eigenvalue weighted by Gasteiger charge is -2.44. The molecule has 42 heavy (non-hydrogen) atoms. The lowest BCUT2D eigenvalue weighted by atomic mass is 9.90. The molecule has 1 aromatic carbocycles. The molecular formula is C27H29Cl2F3N6O4. The Balaban J connectivity index is 1.44. The Morgan fingerprint density at radius 1 is 1.21 bits per heavy atom. The molecule has 226 valence electrons. The second kappa shape index (κ2) is 11.8. The molecule has 2 saturated heterocycles. The van der Waals surface area contributed by atoms with Gasteiger partial charge in [-0.25, -0.2) is 19.4 Å². The summed E-state index contributed by atoms with van der Waals surface area (Å²) < 4.78 is 45.1. The van der Waals surface area contributed by atoms with Gasteiger partial charge in [0.25, 0.3) is 0 Å². The van der Waals surface area contributed by atoms with Crippen LogP contribution in [-0.4, -0.2) is 86.2 Å². The van der Waals surface area contributed by atoms with Crippen molar-refractivity contribution in [3.63, 3.8) is 0 Å². The number of benzene rings is 1. The Hall–Kier alpha value is -3.16. The highest BCUT2D eigenvalue weighted by Gasteiger charge is 2.45. The number of esters is 1. The predicted molar refractivity (Wildman–Crippen MR) is 149 cm³/mol. The number of carboxylic acids is 1. The number of hydrogen-bond donors (Lipinski definition) is 1. The Kier molecular flexibility index (Phi) is 8.55. The van der Waals surface area contributed by atoms with E-state index in [-0.39, 0.29) is 18.6 Å². The maximum Gasteiger partial charge on any atom is 0.490 e. The molecular weight excluding hydrogens is 600 g/mol. The number of likely N-dealkylation sites (tertiary alicyclic amines) is 1. The van der Waals surface area contributed by atoms with E-state index in [1.54, 1.807) is 23.0 Å². The third-order valence-electron chi connectivity index (χ3n) is 8.02. The van der Waals surface area contributed by atoms with Gasteiger partial charge in [0.2, 0.25) is 0 Å². The number of nitrogens with zero attached hydrogens (tertiary/aromatic N) is 6. The zero-order valence-electron chi connectivity index (χ0n) is 22.8. The monoisotopic (exact) mass is 628 g/mol. The summed E-state index contributed by atoms with van der Waals surface area (Å²) in [6.07, 6.45) is -2.00. The zero-order chi connectivity index (χ0) is 30.3. The van der Waals surface area contributed by atoms with Crippen LogP contribution in [0, 0.1) is 12.8 Å². The van der Waals surface area contributed by atoms with Crippen LogP contribution < -0.4 is 4.90 Å². The van der Waals surface area contributed by atoms with E-state index in [0.717, 1.165) is 5.56 Å². The molecule has 0 radical (unpaired) electrons. The molecule has 0 saturated carbocycles. The number of carboxylic acid groups (broad SMARTS) is 1. The molecule has 2 aliphatic rings. The fraction of sp³-hybridized carbons (Fsp3) is 0.519. The van der Waals surface area contributed by atoms with Crippen LogP contribution in [0.1, 0.15) is 43.5 Å². The lowest BCUT2D eigenvalue weighted by molar-refractivity contribution is -0.201. The summed E-state index contributed by atoms with van der Waals surface area (Å²) in [5.41, 5.74) is 2.52. The number of hydrogen-bond acceptors (Lipinski definition) is 8. The average molecular weight is 629 g/mol. The average Bonchev–Trinajstić information content (AvgIpc) is 3.55. The van der Waals surface area contributed by atoms with E-state index in [9.17, 15) is 27.9 Å². The molecule has 0 spiro atoms. The highest BCUT2D eigenvalue weighted by molar-refractivity contribution is 6.35. The van der Waals surface area contributed by atoms with Crippen molar-refractivity contribution >= 4 is 52.1 Å². The van der Waals surface area contributed by atoms with E-state index in [0.29, 0.717) is 65.1 Å². The minimum absolute atomic E-state index is 0.185. The van der Waals surface area contributed by atoms with Crippen LogP contribution in [0.5, 0.6) is 0 Å². The fourth-order valence-corrected chi connectivity index (χ4v) is 6.55. The molecule has 1 N–H and O–H groups in total. The van der Waals surface area contributed by atoms with Crippen molar-refractivity contribution in [1.82, 2.24) is 24.6 Å². The number of carbonyl (C=O) groups is 2. The second-order valence-electron chi connectivity index (χ2n) is 10.7. The van der Waals surface area contributed by atoms with E-state index >= 15 is 0 Å². The maximum absolute atomic E-state index is 12.9. The van der Waals surface area contributed by atoms with Gasteiger partial charge in [0.05, 0.1) is 24.5 Å². The molecule has 0 amide bonds. The van der Waals surface area contributed by atoms with Gasteiger partial charge in [-0.1, -0.05) is 29.3 Å². The lowest BCUT2D eigenvalue weighted by Crippen LogP contribution is -2.55. The zero-order valence-corrected chi connectivity index (χ0v) is 24.3. The van der Waals surface area contributed by atoms with Gasteiger partial charge in [-0.05, 0) is 57.4 Å². The van der Waals surface area contributed by atoms with Crippen molar-refractivity contribution < 1.29 is 32.6 Å². The number of anilines is 1. The second-order valence-corrected chi connectivity index (χ2v) is 11.5. The summed E-state index contributed by atoms with van der Waals surface area (Å²) in [7, 11) is 0. The van der Waals surface area contributed by atoms with Gasteiger partial charge in [-0.15, -0.1) is 0 Å². The Labute approximate surface area is 249 Å². The smallest absolute Gasteiger partial charge is 0.480 e. The third-order valence-corrected chi connectivity index (χ3v) is 8.58. The van der Waals surface area contributed by atoms with Crippen LogP contribution in [0.4, 0.5) is 19.0 Å². The van der Waals surface area contributed by atoms with Crippen molar-refractivity contribution in [2.24, 2.45) is 5.92 Å². The number of ether oxygens (including phenoxy) is 1. The summed E-state index contributed by atoms with van der Waals surface area (Å²) in [6, 6.07) is 3.75. The van der Waals surface area contributed by atoms with Gasteiger partial charge < -0.3 is 14.7 Å². The van der Waals surface area contributed by atoms with E-state index < -0.39 is 36.7 Å². The number of carbonyl (C=O) groups excluding carboxylic acids is 1. The van der Waals surface area contributed by atoms with Crippen LogP contribution in [0.2, 0.25) is 10.0 Å². The van der Waals surface area contributed by atoms with Crippen molar-refractivity contribution in [2.75, 3.05) is 31.1 Å². The van der Waals surface area contributed by atoms with Crippen LogP contribution in [0.15, 0.2) is 24.4 Å². The minimum atomic E-state index is -5.13. The van der Waals surface area contributed by atoms with Gasteiger partial charge in [-0.3, -0.25) is 9.69 Å². The maximum atomic E-state index is 12.9. The first-order chi connectivity index (χ1) is 19.8. The normalized spacial score (nSPS) is 22.5. The van der Waals surface area contributed by atoms with Crippen molar-refractivity contribution in [2.45, 2.75) is 57.4 Å². The SMILES string of the molecule is Cc1nn([C@H](C)c2ccc(Cl)cc2Cl)c2nc(N3CC[C@H](N4CCC[C@H]4C(=O)O)[C@H](COC(=O)C(F)(F)F)C3)cnc12. The molecule has 10 nitrogen and oxygen atoms in total. The first kappa shape index (κ1) is 30.3. The minimum Gasteiger partial charge on any atom is -0.480 e. The van der Waals surface area contributed by atoms with Crippen LogP contribution in [0.25, 0.3) is 11.2 Å². The molecule has 3 aromatic rings. The van der Waals surface area contributed by atoms with Crippen LogP contribution >= 0.6 is 23.2 Å². The Morgan fingerprint density at radius 3 is 2.67 bits per heavy atom. The topological polar surface area (TPSA) is 114 Å². The molecule has 0 aliphatic carbocycles. The highest BCUT2D eigenvalue weighted by Crippen LogP contribution is 2.34. The molecule has 4 heterocycles. The first-order valence-electron chi connectivity index (χ1n) is 13.5. The summed E-state index contributed by atoms with van der Waals surface area (Å²) >= 11 is 12.5. The van der Waals surface area contributed by atoms with Crippen molar-refractivity contribution in [3.05, 3.63) is 45.7 Å². The van der Waals surface area contributed by atoms with E-state index in [1.807, 2.05) is 29.7 Å². The number of alkyl halides is 3. The van der Waals surface area contributed by atoms with E-state index in [1.165, 1.54) is 0 Å². The van der Waals surface area contributed by atoms with Gasteiger partial charge in [-0.2, -0.15) is 18.3 Å². The van der Waals surface area contributed by atoms with Gasteiger partial charge >= 0.3 is 18.1 Å². The summed E-state index contributed by atoms with van der Waals surface area (Å²) in [4.78, 5) is 36.5. The molecule has 0 bridgehead atoms. The largest absolute Gasteiger partial charge is 0.490 e. The number of fused-ring (bicyclic) bond motifs is 1. The quantitative estimate of drug-likeness (QED) is 0.365. The van der Waals surface area contributed by atoms with Crippen molar-refractivity contribution in [1.29, 1.82) is 0 Å². The Bertz CT molecular complexity index is 1500. The molecule has 2 fully saturated rings. The van der Waals surface area contributed by atoms with Gasteiger partial charge in [0.15, 0.2) is 5.65 Å². The number of aliphatic carboxylic acids is 1. The third kappa shape index (κ3) is 6.00. The van der Waals surface area contributed by atoms with Crippen LogP contribution in [-0.2, 0) is 14.3 Å². The fourth-order valence-electron chi connectivity index (χ4n) is 5.98. The van der Waals surface area contributed by atoms with E-state index in [4.69, 9.17) is 28.2 Å². The van der Waals surface area contributed by atoms with Crippen LogP contribution in [0.3, 0.4) is 0 Å². The number of aromatic nitrogens is 4. The summed E-state index contributed by atoms with van der Waals surface area (Å²) in [5.74, 6) is -3.37. The molecule has 4 atom stereocenters. The molecule has 2 aromatic heterocycles. The van der Waals surface area contributed by atoms with Gasteiger partial charge in [0, 0.05) is 35.1 Å². The first-order valence-corrected chi connectivity index (χ1v) is 14.2. The molecule has 0 unspecified atom stereocenters.